The van der Waals surface area contributed by atoms with Crippen LogP contribution in [0.1, 0.15) is 20.8 Å². The first-order chi connectivity index (χ1) is 7.47. The Balaban J connectivity index is 4.27. The molecule has 1 atom stereocenters. The summed E-state index contributed by atoms with van der Waals surface area (Å²) in [6.07, 6.45) is 0. The summed E-state index contributed by atoms with van der Waals surface area (Å²) in [4.78, 5) is 26.4. The van der Waals surface area contributed by atoms with Gasteiger partial charge in [0.1, 0.15) is 6.04 Å². The normalized spacial score (nSPS) is 12.4. The second-order valence-corrected chi connectivity index (χ2v) is 3.68. The Morgan fingerprint density at radius 2 is 1.75 bits per heavy atom. The maximum absolute atomic E-state index is 11.8. The van der Waals surface area contributed by atoms with E-state index in [-0.39, 0.29) is 18.4 Å². The molecule has 0 saturated heterocycles. The first-order valence-corrected chi connectivity index (χ1v) is 5.53. The van der Waals surface area contributed by atoms with E-state index in [4.69, 9.17) is 0 Å². The van der Waals surface area contributed by atoms with Crippen molar-refractivity contribution in [2.45, 2.75) is 26.8 Å². The molecule has 0 bridgehead atoms. The summed E-state index contributed by atoms with van der Waals surface area (Å²) >= 11 is 0. The zero-order chi connectivity index (χ0) is 12.7. The van der Waals surface area contributed by atoms with Crippen LogP contribution in [-0.2, 0) is 14.3 Å². The van der Waals surface area contributed by atoms with E-state index >= 15 is 0 Å². The molecule has 5 nitrogen and oxygen atoms in total. The predicted octanol–water partition coefficient (Wildman–Crippen LogP) is 0.348. The van der Waals surface area contributed by atoms with Gasteiger partial charge in [-0.25, -0.2) is 0 Å². The van der Waals surface area contributed by atoms with Crippen molar-refractivity contribution in [3.63, 3.8) is 0 Å². The van der Waals surface area contributed by atoms with E-state index < -0.39 is 6.04 Å². The number of esters is 1. The molecule has 0 radical (unpaired) electrons. The van der Waals surface area contributed by atoms with Gasteiger partial charge in [0.2, 0.25) is 5.91 Å². The van der Waals surface area contributed by atoms with Gasteiger partial charge in [-0.05, 0) is 27.8 Å². The van der Waals surface area contributed by atoms with E-state index in [9.17, 15) is 9.59 Å². The fourth-order valence-corrected chi connectivity index (χ4v) is 1.38. The third-order valence-corrected chi connectivity index (χ3v) is 2.70. The first kappa shape index (κ1) is 14.9. The number of nitrogens with zero attached hydrogens (tertiary/aromatic N) is 2. The summed E-state index contributed by atoms with van der Waals surface area (Å²) in [5.41, 5.74) is 0. The van der Waals surface area contributed by atoms with Gasteiger partial charge < -0.3 is 9.64 Å². The number of methoxy groups -OCH3 is 1. The number of carbonyl (C=O) groups excluding carboxylic acids is 2. The summed E-state index contributed by atoms with van der Waals surface area (Å²) < 4.78 is 4.62. The molecular weight excluding hydrogens is 208 g/mol. The zero-order valence-corrected chi connectivity index (χ0v) is 10.8. The first-order valence-electron chi connectivity index (χ1n) is 5.53. The van der Waals surface area contributed by atoms with Crippen LogP contribution in [0.5, 0.6) is 0 Å². The molecule has 0 aromatic rings. The van der Waals surface area contributed by atoms with Gasteiger partial charge in [0.05, 0.1) is 13.7 Å². The van der Waals surface area contributed by atoms with Crippen LogP contribution < -0.4 is 0 Å². The summed E-state index contributed by atoms with van der Waals surface area (Å²) in [5, 5.41) is 0. The minimum Gasteiger partial charge on any atom is -0.468 e. The highest BCUT2D eigenvalue weighted by molar-refractivity contribution is 5.80. The third-order valence-electron chi connectivity index (χ3n) is 2.70. The van der Waals surface area contributed by atoms with Gasteiger partial charge in [0.15, 0.2) is 0 Å². The fraction of sp³-hybridized carbons (Fsp3) is 0.818. The minimum atomic E-state index is -0.399. The van der Waals surface area contributed by atoms with Crippen LogP contribution in [0.4, 0.5) is 0 Å². The maximum atomic E-state index is 11.8. The lowest BCUT2D eigenvalue weighted by molar-refractivity contribution is -0.146. The van der Waals surface area contributed by atoms with Crippen molar-refractivity contribution < 1.29 is 14.3 Å². The molecule has 1 amide bonds. The van der Waals surface area contributed by atoms with Gasteiger partial charge in [-0.2, -0.15) is 0 Å². The van der Waals surface area contributed by atoms with Gasteiger partial charge in [0, 0.05) is 13.1 Å². The summed E-state index contributed by atoms with van der Waals surface area (Å²) in [5.74, 6) is -0.293. The van der Waals surface area contributed by atoms with E-state index in [1.165, 1.54) is 7.11 Å². The molecular formula is C11H22N2O3. The summed E-state index contributed by atoms with van der Waals surface area (Å²) in [7, 11) is 3.09. The smallest absolute Gasteiger partial charge is 0.322 e. The number of rotatable bonds is 6. The largest absolute Gasteiger partial charge is 0.468 e. The lowest BCUT2D eigenvalue weighted by Crippen LogP contribution is -2.44. The van der Waals surface area contributed by atoms with Gasteiger partial charge >= 0.3 is 5.97 Å². The molecule has 0 spiro atoms. The molecule has 0 aliphatic carbocycles. The molecule has 0 N–H and O–H groups in total. The third kappa shape index (κ3) is 4.18. The Morgan fingerprint density at radius 3 is 2.12 bits per heavy atom. The van der Waals surface area contributed by atoms with E-state index in [0.717, 1.165) is 0 Å². The maximum Gasteiger partial charge on any atom is 0.322 e. The Bertz CT molecular complexity index is 239. The molecule has 0 fully saturated rings. The average Bonchev–Trinajstić information content (AvgIpc) is 2.28. The highest BCUT2D eigenvalue weighted by Crippen LogP contribution is 1.99. The van der Waals surface area contributed by atoms with Crippen molar-refractivity contribution in [3.8, 4) is 0 Å². The highest BCUT2D eigenvalue weighted by Gasteiger charge is 2.21. The monoisotopic (exact) mass is 230 g/mol. The van der Waals surface area contributed by atoms with Crippen molar-refractivity contribution >= 4 is 11.9 Å². The van der Waals surface area contributed by atoms with Crippen LogP contribution in [0.3, 0.4) is 0 Å². The Kier molecular flexibility index (Phi) is 6.72. The van der Waals surface area contributed by atoms with E-state index in [1.807, 2.05) is 13.8 Å². The van der Waals surface area contributed by atoms with Crippen LogP contribution in [0.15, 0.2) is 0 Å². The highest BCUT2D eigenvalue weighted by atomic mass is 16.5. The Hall–Kier alpha value is -1.10. The van der Waals surface area contributed by atoms with Crippen molar-refractivity contribution in [1.29, 1.82) is 0 Å². The Morgan fingerprint density at radius 1 is 1.25 bits per heavy atom. The van der Waals surface area contributed by atoms with Crippen LogP contribution in [-0.4, -0.2) is 61.5 Å². The van der Waals surface area contributed by atoms with Crippen LogP contribution in [0, 0.1) is 0 Å². The predicted molar refractivity (Wildman–Crippen MR) is 62.0 cm³/mol. The number of carbonyl (C=O) groups is 2. The molecule has 1 unspecified atom stereocenters. The van der Waals surface area contributed by atoms with Gasteiger partial charge in [-0.3, -0.25) is 14.5 Å². The SMILES string of the molecule is CCN(CC)C(=O)CN(C)C(C)C(=O)OC. The van der Waals surface area contributed by atoms with E-state index in [0.29, 0.717) is 13.1 Å². The lowest BCUT2D eigenvalue weighted by Gasteiger charge is -2.25. The summed E-state index contributed by atoms with van der Waals surface area (Å²) in [6.45, 7) is 7.21. The molecule has 94 valence electrons. The van der Waals surface area contributed by atoms with Gasteiger partial charge in [-0.1, -0.05) is 0 Å². The zero-order valence-electron chi connectivity index (χ0n) is 10.8. The molecule has 5 heteroatoms. The van der Waals surface area contributed by atoms with Crippen LogP contribution >= 0.6 is 0 Å². The number of amides is 1. The number of ether oxygens (including phenoxy) is 1. The van der Waals surface area contributed by atoms with Gasteiger partial charge in [0.25, 0.3) is 0 Å². The topological polar surface area (TPSA) is 49.9 Å². The molecule has 0 aliphatic rings. The second-order valence-electron chi connectivity index (χ2n) is 3.68. The lowest BCUT2D eigenvalue weighted by atomic mass is 10.3. The van der Waals surface area contributed by atoms with Crippen molar-refractivity contribution in [2.75, 3.05) is 33.8 Å². The van der Waals surface area contributed by atoms with Gasteiger partial charge in [-0.15, -0.1) is 0 Å². The molecule has 0 saturated carbocycles. The van der Waals surface area contributed by atoms with Crippen molar-refractivity contribution in [3.05, 3.63) is 0 Å². The standard InChI is InChI=1S/C11H22N2O3/c1-6-13(7-2)10(14)8-12(4)9(3)11(15)16-5/h9H,6-8H2,1-5H3. The second kappa shape index (κ2) is 7.22. The van der Waals surface area contributed by atoms with E-state index in [1.54, 1.807) is 23.8 Å². The number of hydrogen-bond acceptors (Lipinski definition) is 4. The van der Waals surface area contributed by atoms with Crippen molar-refractivity contribution in [2.24, 2.45) is 0 Å². The quantitative estimate of drug-likeness (QED) is 0.618. The summed E-state index contributed by atoms with van der Waals surface area (Å²) in [6, 6.07) is -0.399. The van der Waals surface area contributed by atoms with E-state index in [2.05, 4.69) is 4.74 Å². The van der Waals surface area contributed by atoms with Crippen LogP contribution in [0.25, 0.3) is 0 Å². The molecule has 0 aromatic carbocycles. The Labute approximate surface area is 97.3 Å². The molecule has 0 aromatic heterocycles. The average molecular weight is 230 g/mol. The molecule has 0 rings (SSSR count). The molecule has 0 aliphatic heterocycles. The molecule has 0 heterocycles. The minimum absolute atomic E-state index is 0.0308. The molecule has 16 heavy (non-hydrogen) atoms. The van der Waals surface area contributed by atoms with Crippen LogP contribution in [0.2, 0.25) is 0 Å². The fourth-order valence-electron chi connectivity index (χ4n) is 1.38. The number of likely N-dealkylation sites (N-methyl/N-ethyl adjacent to an activating group) is 2. The number of hydrogen-bond donors (Lipinski definition) is 0. The van der Waals surface area contributed by atoms with Crippen molar-refractivity contribution in [1.82, 2.24) is 9.80 Å².